The number of rotatable bonds is 6. The average molecular weight is 613 g/mol. The van der Waals surface area contributed by atoms with E-state index in [-0.39, 0.29) is 30.7 Å². The quantitative estimate of drug-likeness (QED) is 0.477. The van der Waals surface area contributed by atoms with E-state index in [0.29, 0.717) is 28.7 Å². The minimum Gasteiger partial charge on any atom is -0.369 e. The molecule has 5 amide bonds. The van der Waals surface area contributed by atoms with Crippen LogP contribution in [0.5, 0.6) is 0 Å². The molecule has 0 aromatic heterocycles. The molecule has 1 unspecified atom stereocenters. The second-order valence-corrected chi connectivity index (χ2v) is 13.2. The zero-order valence-electron chi connectivity index (χ0n) is 25.7. The summed E-state index contributed by atoms with van der Waals surface area (Å²) in [6.07, 6.45) is 4.81. The molecule has 4 heterocycles. The normalized spacial score (nSPS) is 26.1. The zero-order valence-corrected chi connectivity index (χ0v) is 25.7. The first kappa shape index (κ1) is 29.5. The minimum absolute atomic E-state index is 0.0194. The molecule has 3 saturated heterocycles. The van der Waals surface area contributed by atoms with Gasteiger partial charge in [0.05, 0.1) is 11.1 Å². The van der Waals surface area contributed by atoms with E-state index < -0.39 is 23.8 Å². The Hall–Kier alpha value is -4.25. The van der Waals surface area contributed by atoms with Crippen molar-refractivity contribution in [1.82, 2.24) is 20.4 Å². The van der Waals surface area contributed by atoms with Crippen LogP contribution in [0, 0.1) is 5.92 Å². The number of fused-ring (bicyclic) bond motifs is 1. The van der Waals surface area contributed by atoms with Crippen molar-refractivity contribution in [3.8, 4) is 0 Å². The molecular formula is C34H40N6O5. The van der Waals surface area contributed by atoms with Crippen LogP contribution < -0.4 is 20.4 Å². The predicted molar refractivity (Wildman–Crippen MR) is 168 cm³/mol. The first-order valence-corrected chi connectivity index (χ1v) is 16.3. The Morgan fingerprint density at radius 3 is 2.24 bits per heavy atom. The highest BCUT2D eigenvalue weighted by Crippen LogP contribution is 2.33. The van der Waals surface area contributed by atoms with Crippen molar-refractivity contribution in [1.29, 1.82) is 0 Å². The number of carbonyl (C=O) groups excluding carboxylic acids is 5. The molecule has 1 saturated carbocycles. The van der Waals surface area contributed by atoms with Crippen LogP contribution in [0.3, 0.4) is 0 Å². The predicted octanol–water partition coefficient (Wildman–Crippen LogP) is 2.41. The fourth-order valence-electron chi connectivity index (χ4n) is 7.56. The highest BCUT2D eigenvalue weighted by molar-refractivity contribution is 6.23. The smallest absolute Gasteiger partial charge is 0.262 e. The van der Waals surface area contributed by atoms with Gasteiger partial charge >= 0.3 is 0 Å². The number of carbonyl (C=O) groups is 5. The van der Waals surface area contributed by atoms with Crippen molar-refractivity contribution < 1.29 is 24.0 Å². The van der Waals surface area contributed by atoms with E-state index in [0.717, 1.165) is 68.4 Å². The topological polar surface area (TPSA) is 122 Å². The molecule has 0 bridgehead atoms. The Bertz CT molecular complexity index is 1530. The molecular weight excluding hydrogens is 572 g/mol. The summed E-state index contributed by atoms with van der Waals surface area (Å²) in [4.78, 5) is 71.0. The number of imide groups is 2. The van der Waals surface area contributed by atoms with E-state index in [4.69, 9.17) is 0 Å². The van der Waals surface area contributed by atoms with E-state index in [1.165, 1.54) is 12.8 Å². The van der Waals surface area contributed by atoms with Gasteiger partial charge in [0.1, 0.15) is 6.04 Å². The van der Waals surface area contributed by atoms with Crippen molar-refractivity contribution in [3.05, 3.63) is 59.2 Å². The van der Waals surface area contributed by atoms with Crippen LogP contribution in [0.1, 0.15) is 76.5 Å². The highest BCUT2D eigenvalue weighted by Gasteiger charge is 2.45. The third-order valence-corrected chi connectivity index (χ3v) is 10.2. The fraction of sp³-hybridized carbons (Fsp3) is 0.500. The van der Waals surface area contributed by atoms with Crippen LogP contribution in [0.15, 0.2) is 42.5 Å². The maximum atomic E-state index is 13.2. The molecule has 2 aromatic carbocycles. The number of benzene rings is 2. The number of anilines is 2. The van der Waals surface area contributed by atoms with Crippen molar-refractivity contribution >= 4 is 40.9 Å². The van der Waals surface area contributed by atoms with Gasteiger partial charge in [0.25, 0.3) is 17.7 Å². The molecule has 2 N–H and O–H groups in total. The van der Waals surface area contributed by atoms with Gasteiger partial charge in [-0.05, 0) is 67.6 Å². The third-order valence-electron chi connectivity index (χ3n) is 10.2. The number of nitrogens with one attached hydrogen (secondary N) is 2. The third kappa shape index (κ3) is 5.69. The van der Waals surface area contributed by atoms with Crippen LogP contribution >= 0.6 is 0 Å². The largest absolute Gasteiger partial charge is 0.369 e. The van der Waals surface area contributed by atoms with Gasteiger partial charge in [0.2, 0.25) is 11.8 Å². The molecule has 11 nitrogen and oxygen atoms in total. The van der Waals surface area contributed by atoms with Crippen LogP contribution in [-0.2, 0) is 9.59 Å². The van der Waals surface area contributed by atoms with E-state index in [1.54, 1.807) is 12.1 Å². The maximum absolute atomic E-state index is 13.2. The summed E-state index contributed by atoms with van der Waals surface area (Å²) in [6.45, 7) is 7.64. The average Bonchev–Trinajstić information content (AvgIpc) is 3.25. The standard InChI is InChI=1S/C34H40N6O5/c1-21-3-2-4-23(17-21)35-31(42)22-5-7-24(8-6-22)37-13-15-38(16-14-37)26-19-39(20-26)25-9-10-27-28(18-25)34(45)40(33(27)44)29-11-12-30(41)36-32(29)43/h5-10,18,21,23,26,29H,2-4,11-17,19-20H2,1H3,(H,35,42)(H,36,41,43)/t21-,23+,29?/m1/s1. The van der Waals surface area contributed by atoms with Gasteiger partial charge in [0.15, 0.2) is 0 Å². The molecule has 4 aliphatic heterocycles. The van der Waals surface area contributed by atoms with Crippen molar-refractivity contribution in [2.75, 3.05) is 49.1 Å². The van der Waals surface area contributed by atoms with Crippen molar-refractivity contribution in [2.24, 2.45) is 5.92 Å². The maximum Gasteiger partial charge on any atom is 0.262 e. The monoisotopic (exact) mass is 612 g/mol. The first-order chi connectivity index (χ1) is 21.7. The van der Waals surface area contributed by atoms with E-state index in [9.17, 15) is 24.0 Å². The van der Waals surface area contributed by atoms with E-state index in [1.807, 2.05) is 18.2 Å². The SMILES string of the molecule is C[C@@H]1CCC[C@H](NC(=O)c2ccc(N3CCN(C4CN(c5ccc6c(c5)C(=O)N(C5CCC(=O)NC5=O)C6=O)C4)CC3)cc2)C1. The zero-order chi connectivity index (χ0) is 31.2. The van der Waals surface area contributed by atoms with Crippen molar-refractivity contribution in [3.63, 3.8) is 0 Å². The Balaban J connectivity index is 0.900. The molecule has 1 aliphatic carbocycles. The lowest BCUT2D eigenvalue weighted by atomic mass is 9.87. The summed E-state index contributed by atoms with van der Waals surface area (Å²) in [5, 5.41) is 5.46. The Kier molecular flexibility index (Phi) is 7.81. The van der Waals surface area contributed by atoms with Gasteiger partial charge in [-0.3, -0.25) is 39.1 Å². The lowest BCUT2D eigenvalue weighted by molar-refractivity contribution is -0.136. The number of nitrogens with zero attached hydrogens (tertiary/aromatic N) is 4. The summed E-state index contributed by atoms with van der Waals surface area (Å²) in [5.74, 6) is -1.26. The molecule has 2 aromatic rings. The molecule has 5 aliphatic rings. The molecule has 0 radical (unpaired) electrons. The molecule has 3 atom stereocenters. The van der Waals surface area contributed by atoms with Gasteiger partial charge in [0, 0.05) is 74.7 Å². The lowest BCUT2D eigenvalue weighted by Crippen LogP contribution is -2.63. The molecule has 11 heteroatoms. The Morgan fingerprint density at radius 2 is 1.53 bits per heavy atom. The number of hydrogen-bond acceptors (Lipinski definition) is 8. The van der Waals surface area contributed by atoms with Gasteiger partial charge in [-0.2, -0.15) is 0 Å². The van der Waals surface area contributed by atoms with E-state index in [2.05, 4.69) is 44.4 Å². The molecule has 4 fully saturated rings. The summed E-state index contributed by atoms with van der Waals surface area (Å²) in [5.41, 5.74) is 3.35. The van der Waals surface area contributed by atoms with Crippen molar-refractivity contribution in [2.45, 2.75) is 63.6 Å². The van der Waals surface area contributed by atoms with Gasteiger partial charge in [-0.1, -0.05) is 19.8 Å². The minimum atomic E-state index is -0.960. The number of hydrogen-bond donors (Lipinski definition) is 2. The summed E-state index contributed by atoms with van der Waals surface area (Å²) < 4.78 is 0. The van der Waals surface area contributed by atoms with Gasteiger partial charge < -0.3 is 15.1 Å². The summed E-state index contributed by atoms with van der Waals surface area (Å²) in [7, 11) is 0. The summed E-state index contributed by atoms with van der Waals surface area (Å²) in [6, 6.07) is 13.0. The van der Waals surface area contributed by atoms with Crippen LogP contribution in [-0.4, -0.2) is 96.7 Å². The number of piperazine rings is 1. The Morgan fingerprint density at radius 1 is 0.822 bits per heavy atom. The second-order valence-electron chi connectivity index (χ2n) is 13.2. The van der Waals surface area contributed by atoms with E-state index >= 15 is 0 Å². The van der Waals surface area contributed by atoms with Gasteiger partial charge in [-0.25, -0.2) is 0 Å². The fourth-order valence-corrected chi connectivity index (χ4v) is 7.56. The van der Waals surface area contributed by atoms with Crippen LogP contribution in [0.4, 0.5) is 11.4 Å². The molecule has 236 valence electrons. The molecule has 0 spiro atoms. The van der Waals surface area contributed by atoms with Crippen LogP contribution in [0.25, 0.3) is 0 Å². The number of amides is 5. The highest BCUT2D eigenvalue weighted by atomic mass is 16.2. The molecule has 45 heavy (non-hydrogen) atoms. The van der Waals surface area contributed by atoms with Gasteiger partial charge in [-0.15, -0.1) is 0 Å². The Labute approximate surface area is 262 Å². The van der Waals surface area contributed by atoms with Crippen LogP contribution in [0.2, 0.25) is 0 Å². The first-order valence-electron chi connectivity index (χ1n) is 16.3. The lowest BCUT2D eigenvalue weighted by Gasteiger charge is -2.49. The molecule has 7 rings (SSSR count). The number of piperidine rings is 1. The summed E-state index contributed by atoms with van der Waals surface area (Å²) >= 11 is 0. The second kappa shape index (κ2) is 11.9.